The molecule has 1 spiro atoms. The van der Waals surface area contributed by atoms with Crippen LogP contribution >= 0.6 is 0 Å². The van der Waals surface area contributed by atoms with Crippen LogP contribution in [0.2, 0.25) is 0 Å². The molecule has 1 atom stereocenters. The molecule has 4 saturated heterocycles. The number of benzene rings is 2. The molecule has 41 heavy (non-hydrogen) atoms. The number of nitrogens with two attached hydrogens (primary N) is 1. The van der Waals surface area contributed by atoms with Crippen molar-refractivity contribution in [3.05, 3.63) is 53.6 Å². The number of nitrogens with one attached hydrogen (secondary N) is 1. The molecule has 3 amide bonds. The van der Waals surface area contributed by atoms with Crippen molar-refractivity contribution in [3.63, 3.8) is 0 Å². The molecule has 216 valence electrons. The molecule has 2 aromatic rings. The lowest BCUT2D eigenvalue weighted by molar-refractivity contribution is -0.136. The number of amides is 3. The second-order valence-corrected chi connectivity index (χ2v) is 12.8. The minimum Gasteiger partial charge on any atom is -0.399 e. The standard InChI is InChI=1S/C32H40N6O3/c33-23-2-5-24(6-3-23)35-14-9-25(10-15-35)37-18-13-32(21-37)11-16-36(17-12-32)26-4-1-22-20-38(31(41)27(22)19-26)28-7-8-29(39)34-30(28)40/h1-6,19,25,28H,7-18,20-21,33H2,(H,34,39,40). The number of fused-ring (bicyclic) bond motifs is 1. The number of nitrogens with zero attached hydrogens (tertiary/aromatic N) is 4. The molecule has 0 bridgehead atoms. The first-order valence-electron chi connectivity index (χ1n) is 15.2. The highest BCUT2D eigenvalue weighted by Gasteiger charge is 2.43. The van der Waals surface area contributed by atoms with E-state index in [-0.39, 0.29) is 24.1 Å². The van der Waals surface area contributed by atoms with Crippen LogP contribution in [0.1, 0.15) is 60.9 Å². The van der Waals surface area contributed by atoms with Gasteiger partial charge in [-0.2, -0.15) is 0 Å². The van der Waals surface area contributed by atoms with Gasteiger partial charge in [0.15, 0.2) is 0 Å². The van der Waals surface area contributed by atoms with Gasteiger partial charge >= 0.3 is 0 Å². The van der Waals surface area contributed by atoms with Crippen LogP contribution in [0.3, 0.4) is 0 Å². The monoisotopic (exact) mass is 556 g/mol. The highest BCUT2D eigenvalue weighted by atomic mass is 16.2. The number of carbonyl (C=O) groups is 3. The van der Waals surface area contributed by atoms with Crippen LogP contribution in [0.5, 0.6) is 0 Å². The van der Waals surface area contributed by atoms with E-state index in [4.69, 9.17) is 5.73 Å². The summed E-state index contributed by atoms with van der Waals surface area (Å²) in [6.07, 6.45) is 6.74. The maximum absolute atomic E-state index is 13.3. The summed E-state index contributed by atoms with van der Waals surface area (Å²) in [5.74, 6) is -0.716. The number of carbonyl (C=O) groups excluding carboxylic acids is 3. The molecule has 5 aliphatic rings. The fourth-order valence-electron chi connectivity index (χ4n) is 7.84. The highest BCUT2D eigenvalue weighted by molar-refractivity contribution is 6.05. The molecule has 1 unspecified atom stereocenters. The van der Waals surface area contributed by atoms with Gasteiger partial charge in [-0.15, -0.1) is 0 Å². The Morgan fingerprint density at radius 3 is 2.22 bits per heavy atom. The molecule has 0 aliphatic carbocycles. The number of piperidine rings is 3. The topological polar surface area (TPSA) is 102 Å². The SMILES string of the molecule is Nc1ccc(N2CCC(N3CCC4(CCN(c5ccc6c(c5)C(=O)N(C5CCC(=O)NC5=O)C6)CC4)C3)CC2)cc1. The van der Waals surface area contributed by atoms with Crippen LogP contribution in [-0.2, 0) is 16.1 Å². The number of anilines is 3. The van der Waals surface area contributed by atoms with Crippen molar-refractivity contribution in [2.75, 3.05) is 54.8 Å². The lowest BCUT2D eigenvalue weighted by Gasteiger charge is -2.42. The van der Waals surface area contributed by atoms with Crippen molar-refractivity contribution >= 4 is 34.8 Å². The third-order valence-corrected chi connectivity index (χ3v) is 10.4. The highest BCUT2D eigenvalue weighted by Crippen LogP contribution is 2.43. The Bertz CT molecular complexity index is 1340. The fraction of sp³-hybridized carbons (Fsp3) is 0.531. The van der Waals surface area contributed by atoms with E-state index in [2.05, 4.69) is 38.2 Å². The van der Waals surface area contributed by atoms with E-state index in [0.29, 0.717) is 30.0 Å². The van der Waals surface area contributed by atoms with Crippen molar-refractivity contribution in [1.82, 2.24) is 15.1 Å². The van der Waals surface area contributed by atoms with Crippen molar-refractivity contribution in [2.24, 2.45) is 5.41 Å². The van der Waals surface area contributed by atoms with Crippen LogP contribution in [0.25, 0.3) is 0 Å². The predicted molar refractivity (Wildman–Crippen MR) is 159 cm³/mol. The van der Waals surface area contributed by atoms with E-state index in [1.807, 2.05) is 24.3 Å². The van der Waals surface area contributed by atoms with Gasteiger partial charge in [0.05, 0.1) is 0 Å². The molecule has 2 aromatic carbocycles. The minimum absolute atomic E-state index is 0.0984. The maximum Gasteiger partial charge on any atom is 0.255 e. The summed E-state index contributed by atoms with van der Waals surface area (Å²) >= 11 is 0. The van der Waals surface area contributed by atoms with Gasteiger partial charge in [0, 0.05) is 74.4 Å². The summed E-state index contributed by atoms with van der Waals surface area (Å²) < 4.78 is 0. The second kappa shape index (κ2) is 10.4. The van der Waals surface area contributed by atoms with Crippen LogP contribution in [0.15, 0.2) is 42.5 Å². The van der Waals surface area contributed by atoms with Crippen molar-refractivity contribution in [2.45, 2.75) is 63.6 Å². The molecule has 4 fully saturated rings. The second-order valence-electron chi connectivity index (χ2n) is 12.8. The van der Waals surface area contributed by atoms with Crippen molar-refractivity contribution < 1.29 is 14.4 Å². The summed E-state index contributed by atoms with van der Waals surface area (Å²) in [6.45, 7) is 7.06. The summed E-state index contributed by atoms with van der Waals surface area (Å²) in [4.78, 5) is 46.6. The van der Waals surface area contributed by atoms with Crippen LogP contribution in [0.4, 0.5) is 17.1 Å². The first-order chi connectivity index (χ1) is 19.9. The van der Waals surface area contributed by atoms with E-state index in [1.54, 1.807) is 4.90 Å². The Hall–Kier alpha value is -3.59. The van der Waals surface area contributed by atoms with E-state index < -0.39 is 6.04 Å². The van der Waals surface area contributed by atoms with Gasteiger partial charge < -0.3 is 20.4 Å². The zero-order valence-electron chi connectivity index (χ0n) is 23.7. The molecule has 9 heteroatoms. The van der Waals surface area contributed by atoms with Crippen LogP contribution < -0.4 is 20.9 Å². The van der Waals surface area contributed by atoms with Gasteiger partial charge in [0.1, 0.15) is 6.04 Å². The summed E-state index contributed by atoms with van der Waals surface area (Å²) in [7, 11) is 0. The molecular weight excluding hydrogens is 516 g/mol. The number of imide groups is 1. The number of rotatable bonds is 4. The molecule has 5 aliphatic heterocycles. The molecule has 9 nitrogen and oxygen atoms in total. The number of nitrogen functional groups attached to an aromatic ring is 1. The summed E-state index contributed by atoms with van der Waals surface area (Å²) in [6, 6.07) is 14.6. The average Bonchev–Trinajstić information content (AvgIpc) is 3.55. The molecule has 7 rings (SSSR count). The molecule has 3 N–H and O–H groups in total. The first-order valence-corrected chi connectivity index (χ1v) is 15.2. The number of hydrogen-bond donors (Lipinski definition) is 2. The third kappa shape index (κ3) is 4.94. The van der Waals surface area contributed by atoms with E-state index in [9.17, 15) is 14.4 Å². The van der Waals surface area contributed by atoms with Crippen molar-refractivity contribution in [3.8, 4) is 0 Å². The first kappa shape index (κ1) is 26.3. The summed E-state index contributed by atoms with van der Waals surface area (Å²) in [5.41, 5.74) is 11.1. The molecule has 0 aromatic heterocycles. The smallest absolute Gasteiger partial charge is 0.255 e. The molecular formula is C32H40N6O3. The molecule has 0 radical (unpaired) electrons. The van der Waals surface area contributed by atoms with Gasteiger partial charge in [-0.05, 0) is 92.4 Å². The normalized spacial score (nSPS) is 25.2. The number of likely N-dealkylation sites (tertiary alicyclic amines) is 1. The maximum atomic E-state index is 13.3. The van der Waals surface area contributed by atoms with Crippen LogP contribution in [-0.4, -0.2) is 78.9 Å². The van der Waals surface area contributed by atoms with Crippen LogP contribution in [0, 0.1) is 5.41 Å². The molecule has 0 saturated carbocycles. The zero-order chi connectivity index (χ0) is 28.1. The molecule has 5 heterocycles. The number of hydrogen-bond acceptors (Lipinski definition) is 7. The van der Waals surface area contributed by atoms with Crippen molar-refractivity contribution in [1.29, 1.82) is 0 Å². The predicted octanol–water partition coefficient (Wildman–Crippen LogP) is 2.99. The fourth-order valence-corrected chi connectivity index (χ4v) is 7.84. The van der Waals surface area contributed by atoms with Gasteiger partial charge in [0.25, 0.3) is 5.91 Å². The van der Waals surface area contributed by atoms with E-state index in [0.717, 1.165) is 43.1 Å². The quantitative estimate of drug-likeness (QED) is 0.441. The Labute approximate surface area is 241 Å². The van der Waals surface area contributed by atoms with Gasteiger partial charge in [0.2, 0.25) is 11.8 Å². The Balaban J connectivity index is 0.936. The summed E-state index contributed by atoms with van der Waals surface area (Å²) in [5, 5.41) is 2.39. The third-order valence-electron chi connectivity index (χ3n) is 10.4. The Kier molecular flexibility index (Phi) is 6.64. The lowest BCUT2D eigenvalue weighted by atomic mass is 9.77. The average molecular weight is 557 g/mol. The Morgan fingerprint density at radius 1 is 0.805 bits per heavy atom. The van der Waals surface area contributed by atoms with E-state index >= 15 is 0 Å². The Morgan fingerprint density at radius 2 is 1.49 bits per heavy atom. The lowest BCUT2D eigenvalue weighted by Crippen LogP contribution is -2.52. The minimum atomic E-state index is -0.568. The van der Waals surface area contributed by atoms with Gasteiger partial charge in [-0.1, -0.05) is 6.07 Å². The van der Waals surface area contributed by atoms with Gasteiger partial charge in [-0.3, -0.25) is 24.6 Å². The largest absolute Gasteiger partial charge is 0.399 e. The zero-order valence-corrected chi connectivity index (χ0v) is 23.7. The van der Waals surface area contributed by atoms with E-state index in [1.165, 1.54) is 50.9 Å². The van der Waals surface area contributed by atoms with Gasteiger partial charge in [-0.25, -0.2) is 0 Å².